The molecule has 0 aromatic heterocycles. The molecule has 0 amide bonds. The van der Waals surface area contributed by atoms with E-state index in [1.54, 1.807) is 60.7 Å². The van der Waals surface area contributed by atoms with Crippen LogP contribution in [0.5, 0.6) is 0 Å². The van der Waals surface area contributed by atoms with Crippen molar-refractivity contribution in [2.24, 2.45) is 0 Å². The number of hydrogen-bond donors (Lipinski definition) is 2. The van der Waals surface area contributed by atoms with Gasteiger partial charge in [-0.1, -0.05) is 36.4 Å². The fourth-order valence-corrected chi connectivity index (χ4v) is 3.42. The highest BCUT2D eigenvalue weighted by molar-refractivity contribution is 5.90. The fourth-order valence-electron chi connectivity index (χ4n) is 3.42. The molecule has 0 aliphatic carbocycles. The average Bonchev–Trinajstić information content (AvgIpc) is 3.12. The van der Waals surface area contributed by atoms with Gasteiger partial charge in [0.25, 0.3) is 0 Å². The summed E-state index contributed by atoms with van der Waals surface area (Å²) in [7, 11) is 0. The first-order valence-corrected chi connectivity index (χ1v) is 9.99. The maximum absolute atomic E-state index is 12.5. The van der Waals surface area contributed by atoms with Crippen LogP contribution in [0.25, 0.3) is 0 Å². The minimum absolute atomic E-state index is 0.0877. The largest absolute Gasteiger partial charge is 0.458 e. The van der Waals surface area contributed by atoms with Gasteiger partial charge in [0.1, 0.15) is 12.7 Å². The quantitative estimate of drug-likeness (QED) is 0.607. The second-order valence-electron chi connectivity index (χ2n) is 7.21. The smallest absolute Gasteiger partial charge is 0.338 e. The predicted molar refractivity (Wildman–Crippen MR) is 108 cm³/mol. The zero-order valence-corrected chi connectivity index (χ0v) is 16.6. The molecule has 160 valence electrons. The number of hydrogen-bond acceptors (Lipinski definition) is 7. The lowest BCUT2D eigenvalue weighted by atomic mass is 10.1. The first-order valence-electron chi connectivity index (χ1n) is 9.99. The maximum atomic E-state index is 12.5. The molecule has 0 saturated carbocycles. The molecule has 7 nitrogen and oxygen atoms in total. The van der Waals surface area contributed by atoms with Crippen molar-refractivity contribution in [3.8, 4) is 0 Å². The van der Waals surface area contributed by atoms with Crippen molar-refractivity contribution in [1.29, 1.82) is 0 Å². The van der Waals surface area contributed by atoms with Gasteiger partial charge in [0.15, 0.2) is 0 Å². The van der Waals surface area contributed by atoms with Gasteiger partial charge in [-0.25, -0.2) is 9.59 Å². The molecule has 1 unspecified atom stereocenters. The lowest BCUT2D eigenvalue weighted by Crippen LogP contribution is -2.29. The Kier molecular flexibility index (Phi) is 7.96. The number of esters is 2. The molecule has 0 bridgehead atoms. The van der Waals surface area contributed by atoms with Crippen LogP contribution in [-0.2, 0) is 14.2 Å². The molecule has 30 heavy (non-hydrogen) atoms. The van der Waals surface area contributed by atoms with Crippen LogP contribution < -0.4 is 0 Å². The van der Waals surface area contributed by atoms with Crippen molar-refractivity contribution in [2.45, 2.75) is 43.7 Å². The van der Waals surface area contributed by atoms with Gasteiger partial charge >= 0.3 is 11.9 Å². The Morgan fingerprint density at radius 1 is 1.00 bits per heavy atom. The Labute approximate surface area is 175 Å². The molecule has 0 radical (unpaired) electrons. The van der Waals surface area contributed by atoms with Gasteiger partial charge in [0.2, 0.25) is 0 Å². The van der Waals surface area contributed by atoms with E-state index < -0.39 is 30.3 Å². The van der Waals surface area contributed by atoms with Crippen LogP contribution in [0.2, 0.25) is 0 Å². The molecule has 1 heterocycles. The number of carbonyl (C=O) groups excluding carboxylic acids is 2. The minimum Gasteiger partial charge on any atom is -0.458 e. The monoisotopic (exact) mass is 414 g/mol. The molecule has 2 aromatic carbocycles. The van der Waals surface area contributed by atoms with Crippen LogP contribution in [0.1, 0.15) is 40.0 Å². The number of carbonyl (C=O) groups is 2. The van der Waals surface area contributed by atoms with Crippen LogP contribution in [0.4, 0.5) is 0 Å². The SMILES string of the molecule is O=C(OC[C@H](CC1C[C@@H](O)[C@H](CCO)O1)OC(=O)c1ccccc1)c1ccccc1. The van der Waals surface area contributed by atoms with E-state index in [9.17, 15) is 14.7 Å². The lowest BCUT2D eigenvalue weighted by molar-refractivity contribution is -0.0390. The summed E-state index contributed by atoms with van der Waals surface area (Å²) in [4.78, 5) is 24.8. The normalized spacial score (nSPS) is 21.7. The average molecular weight is 414 g/mol. The van der Waals surface area contributed by atoms with Crippen LogP contribution in [-0.4, -0.2) is 59.8 Å². The van der Waals surface area contributed by atoms with Crippen molar-refractivity contribution in [2.75, 3.05) is 13.2 Å². The fraction of sp³-hybridized carbons (Fsp3) is 0.391. The standard InChI is InChI=1S/C23H26O7/c24-12-11-21-20(25)14-18(29-21)13-19(30-23(27)17-9-5-2-6-10-17)15-28-22(26)16-7-3-1-4-8-16/h1-10,18-21,24-25H,11-15H2/t18?,19-,20+,21-/m0/s1. The molecule has 1 fully saturated rings. The third kappa shape index (κ3) is 6.13. The van der Waals surface area contributed by atoms with E-state index in [4.69, 9.17) is 19.3 Å². The molecule has 3 rings (SSSR count). The summed E-state index contributed by atoms with van der Waals surface area (Å²) in [5.74, 6) is -1.04. The first-order chi connectivity index (χ1) is 14.6. The second-order valence-corrected chi connectivity index (χ2v) is 7.21. The summed E-state index contributed by atoms with van der Waals surface area (Å²) >= 11 is 0. The van der Waals surface area contributed by atoms with Crippen LogP contribution >= 0.6 is 0 Å². The Morgan fingerprint density at radius 3 is 2.20 bits per heavy atom. The summed E-state index contributed by atoms with van der Waals surface area (Å²) in [5.41, 5.74) is 0.795. The van der Waals surface area contributed by atoms with E-state index >= 15 is 0 Å². The molecule has 0 spiro atoms. The number of benzene rings is 2. The number of aliphatic hydroxyl groups is 2. The highest BCUT2D eigenvalue weighted by Crippen LogP contribution is 2.27. The number of rotatable bonds is 9. The highest BCUT2D eigenvalue weighted by atomic mass is 16.6. The Balaban J connectivity index is 1.63. The van der Waals surface area contributed by atoms with E-state index in [1.165, 1.54) is 0 Å². The molecular formula is C23H26O7. The van der Waals surface area contributed by atoms with Crippen molar-refractivity contribution in [1.82, 2.24) is 0 Å². The zero-order chi connectivity index (χ0) is 21.3. The molecular weight excluding hydrogens is 388 g/mol. The van der Waals surface area contributed by atoms with Crippen molar-refractivity contribution in [3.05, 3.63) is 71.8 Å². The second kappa shape index (κ2) is 10.9. The van der Waals surface area contributed by atoms with Gasteiger partial charge in [-0.15, -0.1) is 0 Å². The van der Waals surface area contributed by atoms with Gasteiger partial charge in [-0.05, 0) is 30.7 Å². The summed E-state index contributed by atoms with van der Waals surface area (Å²) < 4.78 is 16.7. The van der Waals surface area contributed by atoms with Crippen LogP contribution in [0, 0.1) is 0 Å². The predicted octanol–water partition coefficient (Wildman–Crippen LogP) is 2.36. The number of ether oxygens (including phenoxy) is 3. The minimum atomic E-state index is -0.740. The third-order valence-corrected chi connectivity index (χ3v) is 4.93. The zero-order valence-electron chi connectivity index (χ0n) is 16.6. The van der Waals surface area contributed by atoms with Crippen LogP contribution in [0.15, 0.2) is 60.7 Å². The Morgan fingerprint density at radius 2 is 1.60 bits per heavy atom. The van der Waals surface area contributed by atoms with Gasteiger partial charge < -0.3 is 24.4 Å². The molecule has 2 aromatic rings. The van der Waals surface area contributed by atoms with Gasteiger partial charge in [-0.2, -0.15) is 0 Å². The summed E-state index contributed by atoms with van der Waals surface area (Å²) in [6.07, 6.45) is -1.32. The van der Waals surface area contributed by atoms with Crippen molar-refractivity contribution >= 4 is 11.9 Å². The third-order valence-electron chi connectivity index (χ3n) is 4.93. The Bertz CT molecular complexity index is 809. The highest BCUT2D eigenvalue weighted by Gasteiger charge is 2.35. The van der Waals surface area contributed by atoms with Crippen LogP contribution in [0.3, 0.4) is 0 Å². The van der Waals surface area contributed by atoms with Gasteiger partial charge in [0.05, 0.1) is 29.4 Å². The molecule has 2 N–H and O–H groups in total. The topological polar surface area (TPSA) is 102 Å². The van der Waals surface area contributed by atoms with E-state index in [-0.39, 0.29) is 25.7 Å². The molecule has 4 atom stereocenters. The van der Waals surface area contributed by atoms with Crippen molar-refractivity contribution in [3.63, 3.8) is 0 Å². The summed E-state index contributed by atoms with van der Waals surface area (Å²) in [6.45, 7) is -0.220. The summed E-state index contributed by atoms with van der Waals surface area (Å²) in [6, 6.07) is 17.1. The van der Waals surface area contributed by atoms with E-state index in [1.807, 2.05) is 0 Å². The first kappa shape index (κ1) is 22.0. The molecule has 1 aliphatic rings. The van der Waals surface area contributed by atoms with Gasteiger partial charge in [0, 0.05) is 19.4 Å². The van der Waals surface area contributed by atoms with E-state index in [0.717, 1.165) is 0 Å². The molecule has 1 saturated heterocycles. The lowest BCUT2D eigenvalue weighted by Gasteiger charge is -2.21. The van der Waals surface area contributed by atoms with E-state index in [2.05, 4.69) is 0 Å². The molecule has 1 aliphatic heterocycles. The molecule has 7 heteroatoms. The summed E-state index contributed by atoms with van der Waals surface area (Å²) in [5, 5.41) is 19.2. The maximum Gasteiger partial charge on any atom is 0.338 e. The number of aliphatic hydroxyl groups excluding tert-OH is 2. The van der Waals surface area contributed by atoms with Crippen molar-refractivity contribution < 1.29 is 34.0 Å². The van der Waals surface area contributed by atoms with Gasteiger partial charge in [-0.3, -0.25) is 0 Å². The van der Waals surface area contributed by atoms with E-state index in [0.29, 0.717) is 24.0 Å². The Hall–Kier alpha value is -2.74.